The van der Waals surface area contributed by atoms with Crippen molar-refractivity contribution in [2.24, 2.45) is 5.73 Å². The third kappa shape index (κ3) is 2.50. The number of nitrogens with two attached hydrogens (primary N) is 1. The van der Waals surface area contributed by atoms with E-state index in [9.17, 15) is 0 Å². The second kappa shape index (κ2) is 5.47. The van der Waals surface area contributed by atoms with E-state index in [4.69, 9.17) is 10.5 Å². The molecule has 2 heterocycles. The van der Waals surface area contributed by atoms with E-state index in [0.29, 0.717) is 24.8 Å². The van der Waals surface area contributed by atoms with Crippen LogP contribution in [0.15, 0.2) is 12.1 Å². The molecule has 3 unspecified atom stereocenters. The van der Waals surface area contributed by atoms with Gasteiger partial charge in [-0.25, -0.2) is 0 Å². The summed E-state index contributed by atoms with van der Waals surface area (Å²) in [6.07, 6.45) is 3.27. The monoisotopic (exact) mass is 274 g/mol. The van der Waals surface area contributed by atoms with Crippen LogP contribution in [0.5, 0.6) is 0 Å². The Morgan fingerprint density at radius 2 is 1.70 bits per heavy atom. The molecular formula is C17H26N2O. The molecule has 3 rings (SSSR count). The van der Waals surface area contributed by atoms with Crippen LogP contribution in [0.25, 0.3) is 0 Å². The molecule has 3 nitrogen and oxygen atoms in total. The van der Waals surface area contributed by atoms with Gasteiger partial charge in [0.2, 0.25) is 0 Å². The summed E-state index contributed by atoms with van der Waals surface area (Å²) in [4.78, 5) is 2.55. The van der Waals surface area contributed by atoms with Gasteiger partial charge < -0.3 is 10.5 Å². The minimum absolute atomic E-state index is 0.336. The molecule has 20 heavy (non-hydrogen) atoms. The van der Waals surface area contributed by atoms with Crippen molar-refractivity contribution in [1.82, 2.24) is 4.90 Å². The Hall–Kier alpha value is -0.900. The Morgan fingerprint density at radius 3 is 2.20 bits per heavy atom. The smallest absolute Gasteiger partial charge is 0.0707 e. The summed E-state index contributed by atoms with van der Waals surface area (Å²) in [5.74, 6) is 0. The number of fused-ring (bicyclic) bond motifs is 2. The maximum absolute atomic E-state index is 6.14. The minimum Gasteiger partial charge on any atom is -0.372 e. The van der Waals surface area contributed by atoms with Crippen LogP contribution in [-0.2, 0) is 4.74 Å². The van der Waals surface area contributed by atoms with Crippen LogP contribution >= 0.6 is 0 Å². The first-order valence-electron chi connectivity index (χ1n) is 7.75. The van der Waals surface area contributed by atoms with Crippen LogP contribution in [0.3, 0.4) is 0 Å². The lowest BCUT2D eigenvalue weighted by Gasteiger charge is -2.39. The van der Waals surface area contributed by atoms with Crippen LogP contribution in [-0.4, -0.2) is 36.7 Å². The van der Waals surface area contributed by atoms with E-state index in [0.717, 1.165) is 13.1 Å². The highest BCUT2D eigenvalue weighted by molar-refractivity contribution is 5.40. The predicted molar refractivity (Wildman–Crippen MR) is 81.9 cm³/mol. The second-order valence-corrected chi connectivity index (χ2v) is 6.48. The number of rotatable bonds is 3. The van der Waals surface area contributed by atoms with Gasteiger partial charge in [-0.05, 0) is 50.3 Å². The molecule has 2 aliphatic rings. The molecule has 0 saturated carbocycles. The van der Waals surface area contributed by atoms with Crippen molar-refractivity contribution in [3.05, 3.63) is 34.4 Å². The van der Waals surface area contributed by atoms with E-state index in [2.05, 4.69) is 37.8 Å². The van der Waals surface area contributed by atoms with Gasteiger partial charge in [0, 0.05) is 25.7 Å². The average molecular weight is 274 g/mol. The van der Waals surface area contributed by atoms with E-state index in [1.807, 2.05) is 0 Å². The number of benzene rings is 1. The van der Waals surface area contributed by atoms with Crippen molar-refractivity contribution >= 4 is 0 Å². The summed E-state index contributed by atoms with van der Waals surface area (Å²) in [5.41, 5.74) is 11.6. The van der Waals surface area contributed by atoms with Gasteiger partial charge in [-0.3, -0.25) is 4.90 Å². The number of aryl methyl sites for hydroxylation is 3. The molecule has 0 aromatic heterocycles. The first-order chi connectivity index (χ1) is 9.58. The summed E-state index contributed by atoms with van der Waals surface area (Å²) in [5, 5.41) is 0. The quantitative estimate of drug-likeness (QED) is 0.920. The number of likely N-dealkylation sites (tertiary alicyclic amines) is 1. The van der Waals surface area contributed by atoms with Crippen molar-refractivity contribution in [1.29, 1.82) is 0 Å². The molecule has 1 aromatic carbocycles. The third-order valence-corrected chi connectivity index (χ3v) is 4.81. The highest BCUT2D eigenvalue weighted by Crippen LogP contribution is 2.34. The molecule has 2 saturated heterocycles. The highest BCUT2D eigenvalue weighted by Gasteiger charge is 2.37. The molecule has 0 spiro atoms. The standard InChI is InChI=1S/C17H26N2O/c1-11-6-12(2)17(13(3)7-11)16(8-18)19-9-14-4-5-15(10-19)20-14/h6-7,14-16H,4-5,8-10,18H2,1-3H3. The number of ether oxygens (including phenoxy) is 1. The highest BCUT2D eigenvalue weighted by atomic mass is 16.5. The summed E-state index contributed by atoms with van der Waals surface area (Å²) in [6, 6.07) is 4.89. The lowest BCUT2D eigenvalue weighted by Crippen LogP contribution is -2.46. The maximum Gasteiger partial charge on any atom is 0.0707 e. The molecule has 3 heteroatoms. The van der Waals surface area contributed by atoms with Crippen molar-refractivity contribution in [3.63, 3.8) is 0 Å². The third-order valence-electron chi connectivity index (χ3n) is 4.81. The van der Waals surface area contributed by atoms with Gasteiger partial charge in [-0.15, -0.1) is 0 Å². The largest absolute Gasteiger partial charge is 0.372 e. The Morgan fingerprint density at radius 1 is 1.15 bits per heavy atom. The number of hydrogen-bond donors (Lipinski definition) is 1. The van der Waals surface area contributed by atoms with Gasteiger partial charge in [0.15, 0.2) is 0 Å². The number of nitrogens with zero attached hydrogens (tertiary/aromatic N) is 1. The van der Waals surface area contributed by atoms with Gasteiger partial charge in [-0.1, -0.05) is 17.7 Å². The molecule has 110 valence electrons. The molecule has 2 bridgehead atoms. The molecule has 0 aliphatic carbocycles. The second-order valence-electron chi connectivity index (χ2n) is 6.48. The molecule has 0 radical (unpaired) electrons. The molecular weight excluding hydrogens is 248 g/mol. The van der Waals surface area contributed by atoms with E-state index < -0.39 is 0 Å². The van der Waals surface area contributed by atoms with Crippen molar-refractivity contribution in [3.8, 4) is 0 Å². The Kier molecular flexibility index (Phi) is 3.85. The Balaban J connectivity index is 1.90. The van der Waals surface area contributed by atoms with Crippen LogP contribution in [0.4, 0.5) is 0 Å². The van der Waals surface area contributed by atoms with Gasteiger partial charge >= 0.3 is 0 Å². The SMILES string of the molecule is Cc1cc(C)c(C(CN)N2CC3CCC(C2)O3)c(C)c1. The topological polar surface area (TPSA) is 38.5 Å². The van der Waals surface area contributed by atoms with Crippen LogP contribution in [0.1, 0.15) is 41.1 Å². The maximum atomic E-state index is 6.14. The molecule has 2 N–H and O–H groups in total. The zero-order chi connectivity index (χ0) is 14.3. The van der Waals surface area contributed by atoms with E-state index in [1.54, 1.807) is 0 Å². The molecule has 2 fully saturated rings. The minimum atomic E-state index is 0.336. The zero-order valence-corrected chi connectivity index (χ0v) is 12.9. The van der Waals surface area contributed by atoms with E-state index >= 15 is 0 Å². The van der Waals surface area contributed by atoms with Gasteiger partial charge in [0.1, 0.15) is 0 Å². The summed E-state index contributed by atoms with van der Waals surface area (Å²) in [7, 11) is 0. The first-order valence-corrected chi connectivity index (χ1v) is 7.75. The summed E-state index contributed by atoms with van der Waals surface area (Å²) < 4.78 is 5.96. The van der Waals surface area contributed by atoms with E-state index in [-0.39, 0.29) is 0 Å². The molecule has 1 aromatic rings. The fourth-order valence-electron chi connectivity index (χ4n) is 4.07. The Bertz CT molecular complexity index is 465. The number of hydrogen-bond acceptors (Lipinski definition) is 3. The lowest BCUT2D eigenvalue weighted by atomic mass is 9.92. The number of morpholine rings is 1. The van der Waals surface area contributed by atoms with Gasteiger partial charge in [-0.2, -0.15) is 0 Å². The van der Waals surface area contributed by atoms with Gasteiger partial charge in [0.05, 0.1) is 12.2 Å². The summed E-state index contributed by atoms with van der Waals surface area (Å²) >= 11 is 0. The molecule has 0 amide bonds. The van der Waals surface area contributed by atoms with Crippen molar-refractivity contribution in [2.45, 2.75) is 51.9 Å². The lowest BCUT2D eigenvalue weighted by molar-refractivity contribution is -0.0522. The summed E-state index contributed by atoms with van der Waals surface area (Å²) in [6.45, 7) is 9.34. The van der Waals surface area contributed by atoms with Crippen LogP contribution < -0.4 is 5.73 Å². The zero-order valence-electron chi connectivity index (χ0n) is 12.9. The first kappa shape index (κ1) is 14.1. The predicted octanol–water partition coefficient (Wildman–Crippen LogP) is 2.47. The Labute approximate surface area is 122 Å². The van der Waals surface area contributed by atoms with Crippen LogP contribution in [0, 0.1) is 20.8 Å². The van der Waals surface area contributed by atoms with Gasteiger partial charge in [0.25, 0.3) is 0 Å². The van der Waals surface area contributed by atoms with Crippen LogP contribution in [0.2, 0.25) is 0 Å². The molecule has 3 atom stereocenters. The fourth-order valence-corrected chi connectivity index (χ4v) is 4.07. The fraction of sp³-hybridized carbons (Fsp3) is 0.647. The average Bonchev–Trinajstić information content (AvgIpc) is 2.72. The van der Waals surface area contributed by atoms with Crippen molar-refractivity contribution < 1.29 is 4.74 Å². The van der Waals surface area contributed by atoms with Crippen molar-refractivity contribution in [2.75, 3.05) is 19.6 Å². The van der Waals surface area contributed by atoms with E-state index in [1.165, 1.54) is 35.1 Å². The molecule has 2 aliphatic heterocycles. The normalized spacial score (nSPS) is 27.8.